The third-order valence-corrected chi connectivity index (χ3v) is 5.90. The van der Waals surface area contributed by atoms with Crippen LogP contribution in [0.15, 0.2) is 54.6 Å². The molecule has 1 saturated heterocycles. The molecule has 29 heavy (non-hydrogen) atoms. The number of carbonyl (C=O) groups is 1. The normalized spacial score (nSPS) is 16.2. The maximum absolute atomic E-state index is 13.2. The first-order chi connectivity index (χ1) is 14.1. The zero-order valence-electron chi connectivity index (χ0n) is 16.6. The van der Waals surface area contributed by atoms with Gasteiger partial charge in [-0.3, -0.25) is 4.79 Å². The molecule has 4 rings (SSSR count). The monoisotopic (exact) mass is 409 g/mol. The molecule has 2 heterocycles. The van der Waals surface area contributed by atoms with Gasteiger partial charge in [0.05, 0.1) is 24.9 Å². The molecule has 0 spiro atoms. The van der Waals surface area contributed by atoms with Crippen molar-refractivity contribution >= 4 is 17.5 Å². The number of halogens is 1. The topological polar surface area (TPSA) is 47.4 Å². The molecule has 1 aromatic heterocycles. The van der Waals surface area contributed by atoms with Crippen molar-refractivity contribution in [2.75, 3.05) is 20.2 Å². The molecule has 1 aliphatic rings. The summed E-state index contributed by atoms with van der Waals surface area (Å²) >= 11 is 6.58. The van der Waals surface area contributed by atoms with Crippen LogP contribution in [-0.4, -0.2) is 40.8 Å². The van der Waals surface area contributed by atoms with Crippen molar-refractivity contribution in [2.24, 2.45) is 0 Å². The van der Waals surface area contributed by atoms with Crippen LogP contribution in [-0.2, 0) is 6.54 Å². The molecule has 3 aromatic rings. The van der Waals surface area contributed by atoms with Crippen LogP contribution in [0.2, 0.25) is 5.15 Å². The second-order valence-corrected chi connectivity index (χ2v) is 7.76. The number of aromatic nitrogens is 2. The van der Waals surface area contributed by atoms with Gasteiger partial charge in [0.25, 0.3) is 5.91 Å². The van der Waals surface area contributed by atoms with Crippen LogP contribution in [0.25, 0.3) is 0 Å². The van der Waals surface area contributed by atoms with E-state index in [0.29, 0.717) is 35.4 Å². The lowest BCUT2D eigenvalue weighted by atomic mass is 9.98. The Morgan fingerprint density at radius 3 is 2.59 bits per heavy atom. The Hall–Kier alpha value is -2.79. The zero-order chi connectivity index (χ0) is 20.4. The molecule has 6 heteroatoms. The van der Waals surface area contributed by atoms with Crippen LogP contribution in [0.4, 0.5) is 0 Å². The van der Waals surface area contributed by atoms with Crippen molar-refractivity contribution in [3.05, 3.63) is 82.1 Å². The molecule has 0 aliphatic carbocycles. The third-order valence-electron chi connectivity index (χ3n) is 5.52. The molecule has 1 aliphatic heterocycles. The van der Waals surface area contributed by atoms with Gasteiger partial charge in [0.15, 0.2) is 0 Å². The Labute approximate surface area is 175 Å². The van der Waals surface area contributed by atoms with E-state index in [9.17, 15) is 4.79 Å². The van der Waals surface area contributed by atoms with E-state index in [-0.39, 0.29) is 5.91 Å². The van der Waals surface area contributed by atoms with Crippen LogP contribution in [0, 0.1) is 6.92 Å². The molecular weight excluding hydrogens is 386 g/mol. The summed E-state index contributed by atoms with van der Waals surface area (Å²) in [7, 11) is 1.66. The zero-order valence-corrected chi connectivity index (χ0v) is 17.4. The highest BCUT2D eigenvalue weighted by Crippen LogP contribution is 2.31. The highest BCUT2D eigenvalue weighted by Gasteiger charge is 2.31. The van der Waals surface area contributed by atoms with Gasteiger partial charge < -0.3 is 9.64 Å². The molecule has 1 unspecified atom stereocenters. The number of rotatable bonds is 5. The van der Waals surface area contributed by atoms with Gasteiger partial charge in [-0.05, 0) is 36.6 Å². The maximum Gasteiger partial charge on any atom is 0.258 e. The van der Waals surface area contributed by atoms with E-state index in [1.807, 2.05) is 54.3 Å². The molecule has 0 saturated carbocycles. The highest BCUT2D eigenvalue weighted by molar-refractivity contribution is 6.33. The lowest BCUT2D eigenvalue weighted by molar-refractivity contribution is 0.0790. The molecule has 2 aromatic carbocycles. The van der Waals surface area contributed by atoms with Crippen molar-refractivity contribution in [2.45, 2.75) is 25.8 Å². The van der Waals surface area contributed by atoms with Crippen LogP contribution >= 0.6 is 11.6 Å². The fraction of sp³-hybridized carbons (Fsp3) is 0.304. The van der Waals surface area contributed by atoms with Crippen LogP contribution in [0.5, 0.6) is 5.75 Å². The van der Waals surface area contributed by atoms with Crippen LogP contribution in [0.3, 0.4) is 0 Å². The minimum absolute atomic E-state index is 0.0391. The number of hydrogen-bond donors (Lipinski definition) is 0. The smallest absolute Gasteiger partial charge is 0.258 e. The largest absolute Gasteiger partial charge is 0.497 e. The van der Waals surface area contributed by atoms with Gasteiger partial charge in [-0.2, -0.15) is 5.10 Å². The summed E-state index contributed by atoms with van der Waals surface area (Å²) in [6.07, 6.45) is 0.937. The molecule has 0 N–H and O–H groups in total. The first-order valence-electron chi connectivity index (χ1n) is 9.77. The Morgan fingerprint density at radius 1 is 1.17 bits per heavy atom. The van der Waals surface area contributed by atoms with Crippen molar-refractivity contribution in [3.63, 3.8) is 0 Å². The predicted molar refractivity (Wildman–Crippen MR) is 114 cm³/mol. The van der Waals surface area contributed by atoms with Crippen LogP contribution in [0.1, 0.15) is 39.5 Å². The summed E-state index contributed by atoms with van der Waals surface area (Å²) < 4.78 is 6.94. The number of ether oxygens (including phenoxy) is 1. The Kier molecular flexibility index (Phi) is 5.58. The van der Waals surface area contributed by atoms with Gasteiger partial charge in [-0.1, -0.05) is 54.1 Å². The van der Waals surface area contributed by atoms with E-state index in [1.165, 1.54) is 5.56 Å². The highest BCUT2D eigenvalue weighted by atomic mass is 35.5. The minimum Gasteiger partial charge on any atom is -0.497 e. The van der Waals surface area contributed by atoms with E-state index in [2.05, 4.69) is 17.2 Å². The first-order valence-corrected chi connectivity index (χ1v) is 10.1. The van der Waals surface area contributed by atoms with Gasteiger partial charge >= 0.3 is 0 Å². The number of nitrogens with zero attached hydrogens (tertiary/aromatic N) is 3. The molecular formula is C23H24ClN3O2. The standard InChI is InChI=1S/C23H24ClN3O2/c1-16-21(22(24)27(25-16)14-17-6-4-3-5-7-17)23(28)26-13-12-19(15-26)18-8-10-20(29-2)11-9-18/h3-11,19H,12-15H2,1-2H3. The summed E-state index contributed by atoms with van der Waals surface area (Å²) in [4.78, 5) is 15.1. The van der Waals surface area contributed by atoms with E-state index >= 15 is 0 Å². The quantitative estimate of drug-likeness (QED) is 0.622. The van der Waals surface area contributed by atoms with Crippen LogP contribution < -0.4 is 4.74 Å². The number of carbonyl (C=O) groups excluding carboxylic acids is 1. The molecule has 5 nitrogen and oxygen atoms in total. The number of hydrogen-bond acceptors (Lipinski definition) is 3. The average Bonchev–Trinajstić information content (AvgIpc) is 3.34. The molecule has 0 bridgehead atoms. The predicted octanol–water partition coefficient (Wildman–Crippen LogP) is 4.53. The average molecular weight is 410 g/mol. The molecule has 1 amide bonds. The Bertz CT molecular complexity index is 999. The Morgan fingerprint density at radius 2 is 1.90 bits per heavy atom. The van der Waals surface area contributed by atoms with E-state index in [0.717, 1.165) is 24.3 Å². The molecule has 0 radical (unpaired) electrons. The van der Waals surface area contributed by atoms with Gasteiger partial charge in [-0.25, -0.2) is 4.68 Å². The number of likely N-dealkylation sites (tertiary alicyclic amines) is 1. The summed E-state index contributed by atoms with van der Waals surface area (Å²) in [5.41, 5.74) is 3.50. The van der Waals surface area contributed by atoms with Crippen molar-refractivity contribution in [1.82, 2.24) is 14.7 Å². The van der Waals surface area contributed by atoms with Crippen molar-refractivity contribution < 1.29 is 9.53 Å². The number of methoxy groups -OCH3 is 1. The first kappa shape index (κ1) is 19.5. The van der Waals surface area contributed by atoms with Crippen molar-refractivity contribution in [3.8, 4) is 5.75 Å². The van der Waals surface area contributed by atoms with Gasteiger partial charge in [0.2, 0.25) is 0 Å². The fourth-order valence-electron chi connectivity index (χ4n) is 3.91. The molecule has 150 valence electrons. The lowest BCUT2D eigenvalue weighted by Gasteiger charge is -2.17. The van der Waals surface area contributed by atoms with Gasteiger partial charge in [0, 0.05) is 19.0 Å². The minimum atomic E-state index is -0.0391. The summed E-state index contributed by atoms with van der Waals surface area (Å²) in [6, 6.07) is 18.1. The van der Waals surface area contributed by atoms with E-state index < -0.39 is 0 Å². The van der Waals surface area contributed by atoms with Gasteiger partial charge in [0.1, 0.15) is 10.9 Å². The number of benzene rings is 2. The number of amides is 1. The lowest BCUT2D eigenvalue weighted by Crippen LogP contribution is -2.29. The Balaban J connectivity index is 1.49. The third kappa shape index (κ3) is 4.01. The fourth-order valence-corrected chi connectivity index (χ4v) is 4.22. The van der Waals surface area contributed by atoms with E-state index in [4.69, 9.17) is 16.3 Å². The number of aryl methyl sites for hydroxylation is 1. The summed E-state index contributed by atoms with van der Waals surface area (Å²) in [5, 5.41) is 4.92. The molecule has 1 atom stereocenters. The molecule has 1 fully saturated rings. The SMILES string of the molecule is COc1ccc(C2CCN(C(=O)c3c(C)nn(Cc4ccccc4)c3Cl)C2)cc1. The van der Waals surface area contributed by atoms with Crippen molar-refractivity contribution in [1.29, 1.82) is 0 Å². The summed E-state index contributed by atoms with van der Waals surface area (Å²) in [5.74, 6) is 1.12. The van der Waals surface area contributed by atoms with E-state index in [1.54, 1.807) is 11.8 Å². The second-order valence-electron chi connectivity index (χ2n) is 7.40. The summed E-state index contributed by atoms with van der Waals surface area (Å²) in [6.45, 7) is 3.79. The maximum atomic E-state index is 13.2. The second kappa shape index (κ2) is 8.29. The van der Waals surface area contributed by atoms with Gasteiger partial charge in [-0.15, -0.1) is 0 Å².